The number of carbonyl (C=O) groups is 4. The first-order valence-corrected chi connectivity index (χ1v) is 15.5. The molecule has 0 spiro atoms. The van der Waals surface area contributed by atoms with Crippen LogP contribution in [0.3, 0.4) is 0 Å². The Hall–Kier alpha value is -1.59. The van der Waals surface area contributed by atoms with E-state index in [9.17, 15) is 24.3 Å². The molecule has 14 heteroatoms. The van der Waals surface area contributed by atoms with Crippen LogP contribution in [-0.2, 0) is 38.1 Å². The minimum atomic E-state index is -1.16. The second-order valence-corrected chi connectivity index (χ2v) is 12.4. The fourth-order valence-electron chi connectivity index (χ4n) is 3.57. The van der Waals surface area contributed by atoms with Gasteiger partial charge in [0.25, 0.3) is 0 Å². The van der Waals surface area contributed by atoms with Gasteiger partial charge in [-0.3, -0.25) is 19.2 Å². The highest BCUT2D eigenvalue weighted by Gasteiger charge is 2.40. The molecule has 0 radical (unpaired) electrons. The number of aliphatic hydroxyl groups is 1. The maximum Gasteiger partial charge on any atom is 0.246 e. The predicted octanol–water partition coefficient (Wildman–Crippen LogP) is 0.755. The van der Waals surface area contributed by atoms with Crippen LogP contribution in [0.25, 0.3) is 0 Å². The molecular formula is C27H49IN4O9. The van der Waals surface area contributed by atoms with Crippen molar-refractivity contribution in [2.24, 2.45) is 5.41 Å². The molecule has 13 nitrogen and oxygen atoms in total. The molecule has 1 heterocycles. The molecule has 2 atom stereocenters. The normalized spacial score (nSPS) is 17.7. The van der Waals surface area contributed by atoms with Gasteiger partial charge in [-0.05, 0) is 47.5 Å². The number of halogens is 1. The molecule has 1 fully saturated rings. The van der Waals surface area contributed by atoms with Gasteiger partial charge >= 0.3 is 0 Å². The molecule has 1 saturated heterocycles. The molecule has 1 rings (SSSR count). The van der Waals surface area contributed by atoms with Crippen molar-refractivity contribution < 1.29 is 43.2 Å². The van der Waals surface area contributed by atoms with Crippen LogP contribution in [0.2, 0.25) is 0 Å². The molecule has 1 unspecified atom stereocenters. The lowest BCUT2D eigenvalue weighted by Crippen LogP contribution is -2.51. The summed E-state index contributed by atoms with van der Waals surface area (Å²) in [5, 5.41) is 20.4. The van der Waals surface area contributed by atoms with E-state index in [2.05, 4.69) is 43.9 Å². The summed E-state index contributed by atoms with van der Waals surface area (Å²) < 4.78 is 23.2. The smallest absolute Gasteiger partial charge is 0.246 e. The van der Waals surface area contributed by atoms with E-state index in [1.165, 1.54) is 0 Å². The number of carbonyl (C=O) groups excluding carboxylic acids is 4. The van der Waals surface area contributed by atoms with Crippen LogP contribution in [0.15, 0.2) is 0 Å². The van der Waals surface area contributed by atoms with Crippen molar-refractivity contribution in [3.63, 3.8) is 0 Å². The molecule has 0 aromatic carbocycles. The zero-order valence-electron chi connectivity index (χ0n) is 25.2. The van der Waals surface area contributed by atoms with Gasteiger partial charge in [-0.25, -0.2) is 0 Å². The minimum Gasteiger partial charge on any atom is -0.371 e. The standard InChI is InChI=1S/C27H49IN4O9/c1-7-8-11-29-20(33)12-31-24(37)19(9-10-23(36)41-25(2,3)4)32-21(34)13-30-22(35)14-38-16-27(15-28)17-39-26(5,6)40-18-27/h19,23,36H,7-18H2,1-6H3,(H,29,33)(H,30,35)(H,31,37)(H,32,34)/t19-,23?/m1/s1. The number of rotatable bonds is 18. The van der Waals surface area contributed by atoms with E-state index in [1.54, 1.807) is 20.8 Å². The summed E-state index contributed by atoms with van der Waals surface area (Å²) in [6.07, 6.45) is 0.684. The van der Waals surface area contributed by atoms with Gasteiger partial charge in [0.05, 0.1) is 38.5 Å². The summed E-state index contributed by atoms with van der Waals surface area (Å²) in [6.45, 7) is 11.7. The van der Waals surface area contributed by atoms with Crippen molar-refractivity contribution in [2.75, 3.05) is 50.5 Å². The predicted molar refractivity (Wildman–Crippen MR) is 160 cm³/mol. The Labute approximate surface area is 257 Å². The summed E-state index contributed by atoms with van der Waals surface area (Å²) in [4.78, 5) is 49.6. The molecular weight excluding hydrogens is 651 g/mol. The van der Waals surface area contributed by atoms with Crippen molar-refractivity contribution in [2.45, 2.75) is 90.9 Å². The first kappa shape index (κ1) is 37.4. The number of nitrogens with one attached hydrogen (secondary N) is 4. The highest BCUT2D eigenvalue weighted by atomic mass is 127. The summed E-state index contributed by atoms with van der Waals surface area (Å²) in [7, 11) is 0. The average Bonchev–Trinajstić information content (AvgIpc) is 2.88. The van der Waals surface area contributed by atoms with Gasteiger partial charge in [0, 0.05) is 22.8 Å². The van der Waals surface area contributed by atoms with E-state index >= 15 is 0 Å². The third-order valence-corrected chi connectivity index (χ3v) is 7.56. The maximum atomic E-state index is 12.8. The Morgan fingerprint density at radius 3 is 2.20 bits per heavy atom. The van der Waals surface area contributed by atoms with Gasteiger partial charge in [0.2, 0.25) is 23.6 Å². The van der Waals surface area contributed by atoms with E-state index < -0.39 is 41.4 Å². The van der Waals surface area contributed by atoms with Crippen molar-refractivity contribution in [1.82, 2.24) is 21.3 Å². The Bertz CT molecular complexity index is 841. The fraction of sp³-hybridized carbons (Fsp3) is 0.852. The second-order valence-electron chi connectivity index (χ2n) is 11.7. The zero-order valence-corrected chi connectivity index (χ0v) is 27.4. The number of amides is 4. The monoisotopic (exact) mass is 700 g/mol. The van der Waals surface area contributed by atoms with Crippen LogP contribution in [0.5, 0.6) is 0 Å². The second kappa shape index (κ2) is 18.2. The lowest BCUT2D eigenvalue weighted by Gasteiger charge is -2.42. The number of hydrogen-bond acceptors (Lipinski definition) is 9. The maximum absolute atomic E-state index is 12.8. The van der Waals surface area contributed by atoms with Crippen molar-refractivity contribution in [3.05, 3.63) is 0 Å². The molecule has 0 aromatic heterocycles. The van der Waals surface area contributed by atoms with Crippen LogP contribution in [0.4, 0.5) is 0 Å². The van der Waals surface area contributed by atoms with Crippen molar-refractivity contribution >= 4 is 46.2 Å². The topological polar surface area (TPSA) is 174 Å². The van der Waals surface area contributed by atoms with Crippen LogP contribution in [0.1, 0.15) is 67.2 Å². The van der Waals surface area contributed by atoms with Crippen molar-refractivity contribution in [3.8, 4) is 0 Å². The lowest BCUT2D eigenvalue weighted by molar-refractivity contribution is -0.286. The summed E-state index contributed by atoms with van der Waals surface area (Å²) in [5.41, 5.74) is -0.976. The molecule has 0 aromatic rings. The van der Waals surface area contributed by atoms with E-state index in [0.29, 0.717) is 24.2 Å². The van der Waals surface area contributed by atoms with Crippen LogP contribution >= 0.6 is 22.6 Å². The molecule has 1 aliphatic heterocycles. The molecule has 0 bridgehead atoms. The Morgan fingerprint density at radius 2 is 1.61 bits per heavy atom. The van der Waals surface area contributed by atoms with Crippen LogP contribution in [0, 0.1) is 5.41 Å². The molecule has 5 N–H and O–H groups in total. The molecule has 0 saturated carbocycles. The average molecular weight is 701 g/mol. The van der Waals surface area contributed by atoms with Gasteiger partial charge in [0.1, 0.15) is 12.6 Å². The van der Waals surface area contributed by atoms with E-state index in [-0.39, 0.29) is 50.5 Å². The number of hydrogen-bond donors (Lipinski definition) is 5. The molecule has 41 heavy (non-hydrogen) atoms. The van der Waals surface area contributed by atoms with Gasteiger partial charge in [-0.15, -0.1) is 0 Å². The summed E-state index contributed by atoms with van der Waals surface area (Å²) >= 11 is 2.23. The lowest BCUT2D eigenvalue weighted by atomic mass is 9.93. The SMILES string of the molecule is CCCCNC(=O)CNC(=O)[C@@H](CCC(O)OC(C)(C)C)NC(=O)CNC(=O)COCC1(CI)COC(C)(C)OC1. The highest BCUT2D eigenvalue weighted by Crippen LogP contribution is 2.31. The summed E-state index contributed by atoms with van der Waals surface area (Å²) in [5.74, 6) is -2.71. The van der Waals surface area contributed by atoms with E-state index in [4.69, 9.17) is 18.9 Å². The van der Waals surface area contributed by atoms with Gasteiger partial charge in [-0.2, -0.15) is 0 Å². The number of ether oxygens (including phenoxy) is 4. The molecule has 238 valence electrons. The first-order valence-electron chi connectivity index (χ1n) is 14.0. The van der Waals surface area contributed by atoms with Gasteiger partial charge in [0.15, 0.2) is 12.1 Å². The van der Waals surface area contributed by atoms with E-state index in [1.807, 2.05) is 20.8 Å². The number of alkyl halides is 1. The van der Waals surface area contributed by atoms with E-state index in [0.717, 1.165) is 12.8 Å². The zero-order chi connectivity index (χ0) is 31.1. The highest BCUT2D eigenvalue weighted by molar-refractivity contribution is 14.1. The Morgan fingerprint density at radius 1 is 0.976 bits per heavy atom. The number of unbranched alkanes of at least 4 members (excludes halogenated alkanes) is 1. The Balaban J connectivity index is 2.57. The van der Waals surface area contributed by atoms with Crippen LogP contribution < -0.4 is 21.3 Å². The third-order valence-electron chi connectivity index (χ3n) is 5.94. The quantitative estimate of drug-likeness (QED) is 0.0599. The van der Waals surface area contributed by atoms with Crippen LogP contribution in [-0.4, -0.2) is 103 Å². The minimum absolute atomic E-state index is 0.0443. The largest absolute Gasteiger partial charge is 0.371 e. The number of aliphatic hydroxyl groups excluding tert-OH is 1. The molecule has 4 amide bonds. The van der Waals surface area contributed by atoms with Gasteiger partial charge < -0.3 is 45.3 Å². The summed E-state index contributed by atoms with van der Waals surface area (Å²) in [6, 6.07) is -1.06. The third kappa shape index (κ3) is 16.6. The van der Waals surface area contributed by atoms with Crippen molar-refractivity contribution in [1.29, 1.82) is 0 Å². The van der Waals surface area contributed by atoms with Gasteiger partial charge in [-0.1, -0.05) is 35.9 Å². The molecule has 0 aliphatic carbocycles. The first-order chi connectivity index (χ1) is 19.1. The fourth-order valence-corrected chi connectivity index (χ4v) is 4.24. The molecule has 1 aliphatic rings. The Kier molecular flexibility index (Phi) is 16.6.